The number of anilines is 1. The van der Waals surface area contributed by atoms with E-state index in [0.29, 0.717) is 12.2 Å². The van der Waals surface area contributed by atoms with Crippen molar-refractivity contribution in [2.75, 3.05) is 5.32 Å². The highest BCUT2D eigenvalue weighted by Gasteiger charge is 2.10. The van der Waals surface area contributed by atoms with E-state index in [1.165, 1.54) is 11.1 Å². The minimum atomic E-state index is 0.705. The van der Waals surface area contributed by atoms with Crippen molar-refractivity contribution in [1.82, 2.24) is 19.5 Å². The zero-order valence-corrected chi connectivity index (χ0v) is 13.1. The number of aromatic nitrogens is 4. The molecule has 2 heterocycles. The zero-order valence-electron chi connectivity index (χ0n) is 13.1. The van der Waals surface area contributed by atoms with Crippen LogP contribution >= 0.6 is 0 Å². The van der Waals surface area contributed by atoms with Crippen molar-refractivity contribution in [3.05, 3.63) is 84.4 Å². The van der Waals surface area contributed by atoms with E-state index in [0.717, 1.165) is 17.9 Å². The summed E-state index contributed by atoms with van der Waals surface area (Å²) in [6, 6.07) is 20.6. The van der Waals surface area contributed by atoms with Crippen molar-refractivity contribution in [3.63, 3.8) is 0 Å². The summed E-state index contributed by atoms with van der Waals surface area (Å²) in [5, 5.41) is 3.40. The summed E-state index contributed by atoms with van der Waals surface area (Å²) in [7, 11) is 0. The van der Waals surface area contributed by atoms with Gasteiger partial charge in [0.05, 0.1) is 6.33 Å². The first-order valence-corrected chi connectivity index (χ1v) is 7.88. The number of rotatable bonds is 5. The van der Waals surface area contributed by atoms with Crippen LogP contribution in [0.5, 0.6) is 0 Å². The molecule has 0 fully saturated rings. The number of imidazole rings is 1. The van der Waals surface area contributed by atoms with Gasteiger partial charge in [-0.25, -0.2) is 15.0 Å². The van der Waals surface area contributed by atoms with Crippen LogP contribution in [0.4, 0.5) is 5.82 Å². The number of fused-ring (bicyclic) bond motifs is 1. The quantitative estimate of drug-likeness (QED) is 0.612. The third-order valence-electron chi connectivity index (χ3n) is 3.91. The van der Waals surface area contributed by atoms with Gasteiger partial charge in [-0.15, -0.1) is 0 Å². The fourth-order valence-electron chi connectivity index (χ4n) is 2.72. The molecule has 0 radical (unpaired) electrons. The Bertz CT molecular complexity index is 932. The second-order valence-electron chi connectivity index (χ2n) is 5.59. The maximum Gasteiger partial charge on any atom is 0.182 e. The van der Waals surface area contributed by atoms with E-state index in [2.05, 4.69) is 49.1 Å². The first-order chi connectivity index (χ1) is 11.9. The van der Waals surface area contributed by atoms with E-state index in [1.807, 2.05) is 42.7 Å². The maximum absolute atomic E-state index is 4.41. The molecule has 0 amide bonds. The molecule has 0 unspecified atom stereocenters. The van der Waals surface area contributed by atoms with Crippen LogP contribution in [0.2, 0.25) is 0 Å². The Balaban J connectivity index is 1.64. The molecule has 0 saturated heterocycles. The van der Waals surface area contributed by atoms with Crippen molar-refractivity contribution < 1.29 is 0 Å². The molecule has 24 heavy (non-hydrogen) atoms. The van der Waals surface area contributed by atoms with Gasteiger partial charge in [0, 0.05) is 13.1 Å². The summed E-state index contributed by atoms with van der Waals surface area (Å²) in [5.41, 5.74) is 4.06. The Morgan fingerprint density at radius 1 is 0.792 bits per heavy atom. The smallest absolute Gasteiger partial charge is 0.182 e. The van der Waals surface area contributed by atoms with Crippen LogP contribution in [0.15, 0.2) is 73.3 Å². The molecule has 2 aromatic carbocycles. The molecular formula is C19H17N5. The topological polar surface area (TPSA) is 55.6 Å². The second kappa shape index (κ2) is 6.50. The Morgan fingerprint density at radius 2 is 1.50 bits per heavy atom. The lowest BCUT2D eigenvalue weighted by atomic mass is 10.2. The molecule has 0 spiro atoms. The van der Waals surface area contributed by atoms with Gasteiger partial charge in [-0.1, -0.05) is 60.7 Å². The molecule has 0 aliphatic heterocycles. The molecule has 0 saturated carbocycles. The van der Waals surface area contributed by atoms with Gasteiger partial charge in [0.15, 0.2) is 11.5 Å². The molecule has 4 rings (SSSR count). The standard InChI is InChI=1S/C19H17N5/c1-3-7-15(8-4-1)11-20-18-17-19(22-13-21-18)23-14-24(17)12-16-9-5-2-6-10-16/h1-10,13-14H,11-12H2,(H,20,21,22). The van der Waals surface area contributed by atoms with Crippen molar-refractivity contribution in [2.24, 2.45) is 0 Å². The van der Waals surface area contributed by atoms with Crippen molar-refractivity contribution >= 4 is 17.0 Å². The van der Waals surface area contributed by atoms with Crippen molar-refractivity contribution in [1.29, 1.82) is 0 Å². The lowest BCUT2D eigenvalue weighted by Crippen LogP contribution is -2.06. The first-order valence-electron chi connectivity index (χ1n) is 7.88. The van der Waals surface area contributed by atoms with E-state index in [-0.39, 0.29) is 0 Å². The molecule has 118 valence electrons. The maximum atomic E-state index is 4.41. The van der Waals surface area contributed by atoms with Crippen LogP contribution in [-0.2, 0) is 13.1 Å². The van der Waals surface area contributed by atoms with E-state index >= 15 is 0 Å². The molecule has 5 nitrogen and oxygen atoms in total. The predicted molar refractivity (Wildman–Crippen MR) is 94.6 cm³/mol. The monoisotopic (exact) mass is 315 g/mol. The van der Waals surface area contributed by atoms with Gasteiger partial charge in [-0.3, -0.25) is 0 Å². The molecule has 0 bridgehead atoms. The van der Waals surface area contributed by atoms with Gasteiger partial charge >= 0.3 is 0 Å². The summed E-state index contributed by atoms with van der Waals surface area (Å²) < 4.78 is 2.08. The SMILES string of the molecule is c1ccc(CNc2ncnc3ncn(Cc4ccccc4)c23)cc1. The molecule has 4 aromatic rings. The Morgan fingerprint density at radius 3 is 2.25 bits per heavy atom. The molecule has 0 atom stereocenters. The first kappa shape index (κ1) is 14.4. The van der Waals surface area contributed by atoms with Gasteiger partial charge in [0.2, 0.25) is 0 Å². The summed E-state index contributed by atoms with van der Waals surface area (Å²) in [6.45, 7) is 1.45. The summed E-state index contributed by atoms with van der Waals surface area (Å²) in [6.07, 6.45) is 3.37. The van der Waals surface area contributed by atoms with E-state index in [1.54, 1.807) is 6.33 Å². The summed E-state index contributed by atoms with van der Waals surface area (Å²) in [5.74, 6) is 0.803. The minimum absolute atomic E-state index is 0.705. The number of nitrogens with zero attached hydrogens (tertiary/aromatic N) is 4. The molecule has 2 aromatic heterocycles. The Hall–Kier alpha value is -3.21. The summed E-state index contributed by atoms with van der Waals surface area (Å²) in [4.78, 5) is 13.1. The highest BCUT2D eigenvalue weighted by atomic mass is 15.1. The van der Waals surface area contributed by atoms with E-state index < -0.39 is 0 Å². The van der Waals surface area contributed by atoms with Gasteiger partial charge < -0.3 is 9.88 Å². The molecular weight excluding hydrogens is 298 g/mol. The molecule has 0 aliphatic rings. The van der Waals surface area contributed by atoms with Crippen LogP contribution < -0.4 is 5.32 Å². The highest BCUT2D eigenvalue weighted by Crippen LogP contribution is 2.20. The van der Waals surface area contributed by atoms with Crippen LogP contribution in [-0.4, -0.2) is 19.5 Å². The lowest BCUT2D eigenvalue weighted by molar-refractivity contribution is 0.822. The molecule has 0 aliphatic carbocycles. The number of nitrogens with one attached hydrogen (secondary N) is 1. The van der Waals surface area contributed by atoms with Crippen molar-refractivity contribution in [2.45, 2.75) is 13.1 Å². The van der Waals surface area contributed by atoms with Gasteiger partial charge in [-0.05, 0) is 11.1 Å². The zero-order chi connectivity index (χ0) is 16.2. The van der Waals surface area contributed by atoms with Crippen LogP contribution in [0.25, 0.3) is 11.2 Å². The third kappa shape index (κ3) is 2.96. The second-order valence-corrected chi connectivity index (χ2v) is 5.59. The van der Waals surface area contributed by atoms with Crippen molar-refractivity contribution in [3.8, 4) is 0 Å². The Labute approximate surface area is 140 Å². The van der Waals surface area contributed by atoms with Crippen LogP contribution in [0.1, 0.15) is 11.1 Å². The normalized spacial score (nSPS) is 10.8. The van der Waals surface area contributed by atoms with E-state index in [9.17, 15) is 0 Å². The predicted octanol–water partition coefficient (Wildman–Crippen LogP) is 3.49. The Kier molecular flexibility index (Phi) is 3.90. The average molecular weight is 315 g/mol. The fraction of sp³-hybridized carbons (Fsp3) is 0.105. The number of hydrogen-bond acceptors (Lipinski definition) is 4. The molecule has 1 N–H and O–H groups in total. The largest absolute Gasteiger partial charge is 0.364 e. The number of benzene rings is 2. The van der Waals surface area contributed by atoms with Gasteiger partial charge in [0.1, 0.15) is 11.8 Å². The minimum Gasteiger partial charge on any atom is -0.364 e. The number of hydrogen-bond donors (Lipinski definition) is 1. The van der Waals surface area contributed by atoms with Gasteiger partial charge in [-0.2, -0.15) is 0 Å². The third-order valence-corrected chi connectivity index (χ3v) is 3.91. The van der Waals surface area contributed by atoms with Crippen LogP contribution in [0.3, 0.4) is 0 Å². The summed E-state index contributed by atoms with van der Waals surface area (Å²) >= 11 is 0. The van der Waals surface area contributed by atoms with Crippen LogP contribution in [0, 0.1) is 0 Å². The fourth-order valence-corrected chi connectivity index (χ4v) is 2.72. The lowest BCUT2D eigenvalue weighted by Gasteiger charge is -2.10. The highest BCUT2D eigenvalue weighted by molar-refractivity contribution is 5.83. The van der Waals surface area contributed by atoms with Gasteiger partial charge in [0.25, 0.3) is 0 Å². The van der Waals surface area contributed by atoms with E-state index in [4.69, 9.17) is 0 Å². The molecule has 5 heteroatoms. The average Bonchev–Trinajstić information content (AvgIpc) is 3.05.